The first-order valence-corrected chi connectivity index (χ1v) is 18.7. The normalized spacial score (nSPS) is 21.1. The molecule has 0 aromatic heterocycles. The molecule has 6 heteroatoms. The van der Waals surface area contributed by atoms with Crippen LogP contribution in [0.15, 0.2) is 34.3 Å². The molecule has 0 radical (unpaired) electrons. The minimum absolute atomic E-state index is 0.0364. The molecule has 2 aliphatic heterocycles. The maximum Gasteiger partial charge on any atom is 0.246 e. The fourth-order valence-corrected chi connectivity index (χ4v) is 7.59. The van der Waals surface area contributed by atoms with Gasteiger partial charge < -0.3 is 10.2 Å². The van der Waals surface area contributed by atoms with Crippen LogP contribution in [0.1, 0.15) is 147 Å². The van der Waals surface area contributed by atoms with Crippen LogP contribution in [-0.2, 0) is 22.7 Å². The number of aliphatic imine (C=N–C) groups is 2. The Hall–Kier alpha value is -3.15. The Morgan fingerprint density at radius 1 is 0.729 bits per heavy atom. The Morgan fingerprint density at radius 3 is 1.88 bits per heavy atom. The number of rotatable bonds is 8. The zero-order chi connectivity index (χ0) is 34.9. The molecule has 2 aromatic carbocycles. The number of amidine groups is 1. The highest BCUT2D eigenvalue weighted by Crippen LogP contribution is 2.38. The molecule has 0 saturated heterocycles. The van der Waals surface area contributed by atoms with Crippen LogP contribution >= 0.6 is 0 Å². The van der Waals surface area contributed by atoms with Gasteiger partial charge in [-0.05, 0) is 77.2 Å². The number of phenols is 2. The summed E-state index contributed by atoms with van der Waals surface area (Å²) in [5.41, 5.74) is 5.74. The molecular weight excluding hydrogens is 592 g/mol. The number of phenolic OH excluding ortho intramolecular Hbond substituents is 2. The first-order valence-electron chi connectivity index (χ1n) is 18.7. The standard InChI is InChI=1S/C42H62N4O2/c1-40(2,3)32-23-29(15-12-19-45-21-14-22-46-20-13-18-37(45)46)38(47)30(24-32)27-43-35-16-10-11-17-36(35)44-28-31-25-33(41(4,5)6)26-34(39(31)48)42(7,8)9/h23-28,35-36H,10-22H2,1-9H3,(H-,43,44,47,48)/p+1. The van der Waals surface area contributed by atoms with Crippen LogP contribution in [0.2, 0.25) is 0 Å². The lowest BCUT2D eigenvalue weighted by atomic mass is 9.79. The van der Waals surface area contributed by atoms with Crippen LogP contribution in [-0.4, -0.2) is 76.2 Å². The maximum atomic E-state index is 11.6. The first kappa shape index (κ1) is 36.1. The van der Waals surface area contributed by atoms with Gasteiger partial charge in [-0.3, -0.25) is 19.5 Å². The molecule has 2 heterocycles. The fraction of sp³-hybridized carbons (Fsp3) is 0.643. The summed E-state index contributed by atoms with van der Waals surface area (Å²) in [6, 6.07) is 8.68. The second kappa shape index (κ2) is 14.4. The molecule has 1 saturated carbocycles. The highest BCUT2D eigenvalue weighted by atomic mass is 16.3. The SMILES string of the molecule is CC(C)(C)c1cc(C=NC2CCCCC2N=Cc2cc(C(C)(C)C)cc(C(C)(C)C)c2O)c(O)c(CCCN2CCC[N+]3=C2CCC3)c1. The van der Waals surface area contributed by atoms with Gasteiger partial charge in [-0.25, -0.2) is 0 Å². The van der Waals surface area contributed by atoms with Gasteiger partial charge in [0.05, 0.1) is 44.7 Å². The van der Waals surface area contributed by atoms with Gasteiger partial charge >= 0.3 is 0 Å². The number of hydrogen-bond acceptors (Lipinski definition) is 5. The van der Waals surface area contributed by atoms with Crippen molar-refractivity contribution in [2.45, 2.75) is 148 Å². The third-order valence-corrected chi connectivity index (χ3v) is 10.7. The Balaban J connectivity index is 1.37. The van der Waals surface area contributed by atoms with E-state index in [-0.39, 0.29) is 28.3 Å². The summed E-state index contributed by atoms with van der Waals surface area (Å²) in [7, 11) is 0. The van der Waals surface area contributed by atoms with Crippen LogP contribution in [0, 0.1) is 0 Å². The topological polar surface area (TPSA) is 71.4 Å². The second-order valence-corrected chi connectivity index (χ2v) is 17.7. The van der Waals surface area contributed by atoms with E-state index in [1.54, 1.807) is 0 Å². The van der Waals surface area contributed by atoms with Crippen molar-refractivity contribution in [2.24, 2.45) is 9.98 Å². The number of aromatic hydroxyl groups is 2. The largest absolute Gasteiger partial charge is 0.507 e. The van der Waals surface area contributed by atoms with E-state index >= 15 is 0 Å². The van der Waals surface area contributed by atoms with Gasteiger partial charge in [0, 0.05) is 35.5 Å². The van der Waals surface area contributed by atoms with Crippen LogP contribution in [0.3, 0.4) is 0 Å². The van der Waals surface area contributed by atoms with E-state index in [4.69, 9.17) is 9.98 Å². The molecule has 0 amide bonds. The van der Waals surface area contributed by atoms with E-state index in [0.717, 1.165) is 73.9 Å². The van der Waals surface area contributed by atoms with Crippen molar-refractivity contribution in [3.05, 3.63) is 57.6 Å². The summed E-state index contributed by atoms with van der Waals surface area (Å²) in [4.78, 5) is 12.8. The van der Waals surface area contributed by atoms with E-state index < -0.39 is 0 Å². The molecule has 6 nitrogen and oxygen atoms in total. The van der Waals surface area contributed by atoms with Crippen molar-refractivity contribution >= 4 is 18.3 Å². The maximum absolute atomic E-state index is 11.6. The molecule has 2 N–H and O–H groups in total. The summed E-state index contributed by atoms with van der Waals surface area (Å²) in [5.74, 6) is 2.24. The monoisotopic (exact) mass is 655 g/mol. The van der Waals surface area contributed by atoms with Gasteiger partial charge in [0.25, 0.3) is 0 Å². The number of nitrogens with zero attached hydrogens (tertiary/aromatic N) is 4. The van der Waals surface area contributed by atoms with Crippen molar-refractivity contribution < 1.29 is 14.8 Å². The van der Waals surface area contributed by atoms with Crippen LogP contribution in [0.4, 0.5) is 0 Å². The Bertz CT molecular complexity index is 1550. The van der Waals surface area contributed by atoms with Crippen molar-refractivity contribution in [1.82, 2.24) is 4.90 Å². The predicted octanol–water partition coefficient (Wildman–Crippen LogP) is 8.68. The van der Waals surface area contributed by atoms with Gasteiger partial charge in [-0.15, -0.1) is 0 Å². The summed E-state index contributed by atoms with van der Waals surface area (Å²) in [5, 5.41) is 22.9. The third-order valence-electron chi connectivity index (χ3n) is 10.7. The molecule has 262 valence electrons. The van der Waals surface area contributed by atoms with Gasteiger partial charge in [-0.2, -0.15) is 0 Å². The highest BCUT2D eigenvalue weighted by molar-refractivity contribution is 5.86. The molecule has 0 bridgehead atoms. The molecule has 1 fully saturated rings. The predicted molar refractivity (Wildman–Crippen MR) is 202 cm³/mol. The Morgan fingerprint density at radius 2 is 1.29 bits per heavy atom. The van der Waals surface area contributed by atoms with Crippen molar-refractivity contribution in [1.29, 1.82) is 0 Å². The summed E-state index contributed by atoms with van der Waals surface area (Å²) < 4.78 is 2.58. The van der Waals surface area contributed by atoms with E-state index in [9.17, 15) is 10.2 Å². The van der Waals surface area contributed by atoms with E-state index in [2.05, 4.69) is 96.1 Å². The second-order valence-electron chi connectivity index (χ2n) is 17.7. The molecule has 3 aliphatic rings. The van der Waals surface area contributed by atoms with Gasteiger partial charge in [-0.1, -0.05) is 87.3 Å². The quantitative estimate of drug-likeness (QED) is 0.221. The average Bonchev–Trinajstić information content (AvgIpc) is 3.49. The molecule has 2 aromatic rings. The van der Waals surface area contributed by atoms with Crippen LogP contribution in [0.5, 0.6) is 11.5 Å². The van der Waals surface area contributed by atoms with Crippen molar-refractivity contribution in [2.75, 3.05) is 26.2 Å². The van der Waals surface area contributed by atoms with Gasteiger partial charge in [0.1, 0.15) is 11.5 Å². The molecule has 1 aliphatic carbocycles. The molecule has 48 heavy (non-hydrogen) atoms. The Kier molecular flexibility index (Phi) is 10.8. The zero-order valence-electron chi connectivity index (χ0n) is 31.5. The molecule has 5 rings (SSSR count). The van der Waals surface area contributed by atoms with Crippen LogP contribution in [0.25, 0.3) is 0 Å². The van der Waals surface area contributed by atoms with E-state index in [0.29, 0.717) is 11.5 Å². The third kappa shape index (κ3) is 8.52. The van der Waals surface area contributed by atoms with Gasteiger partial charge in [0.15, 0.2) is 0 Å². The molecule has 2 unspecified atom stereocenters. The fourth-order valence-electron chi connectivity index (χ4n) is 7.59. The van der Waals surface area contributed by atoms with Crippen molar-refractivity contribution in [3.63, 3.8) is 0 Å². The molecule has 0 spiro atoms. The smallest absolute Gasteiger partial charge is 0.246 e. The average molecular weight is 656 g/mol. The lowest BCUT2D eigenvalue weighted by Crippen LogP contribution is -2.41. The summed E-state index contributed by atoms with van der Waals surface area (Å²) in [6.45, 7) is 24.4. The number of benzene rings is 2. The van der Waals surface area contributed by atoms with Crippen LogP contribution < -0.4 is 0 Å². The number of hydrogen-bond donors (Lipinski definition) is 2. The summed E-state index contributed by atoms with van der Waals surface area (Å²) in [6.07, 6.45) is 13.6. The molecule has 2 atom stereocenters. The zero-order valence-corrected chi connectivity index (χ0v) is 31.5. The van der Waals surface area contributed by atoms with E-state index in [1.807, 2.05) is 12.4 Å². The van der Waals surface area contributed by atoms with Gasteiger partial charge in [0.2, 0.25) is 5.84 Å². The first-order chi connectivity index (χ1) is 22.5. The molecular formula is C42H63N4O2+. The number of aryl methyl sites for hydroxylation is 1. The van der Waals surface area contributed by atoms with E-state index in [1.165, 1.54) is 49.3 Å². The minimum Gasteiger partial charge on any atom is -0.507 e. The lowest BCUT2D eigenvalue weighted by molar-refractivity contribution is -0.530. The lowest BCUT2D eigenvalue weighted by Gasteiger charge is -2.28. The summed E-state index contributed by atoms with van der Waals surface area (Å²) >= 11 is 0. The minimum atomic E-state index is -0.183. The van der Waals surface area contributed by atoms with Crippen molar-refractivity contribution in [3.8, 4) is 11.5 Å². The Labute approximate surface area is 291 Å². The highest BCUT2D eigenvalue weighted by Gasteiger charge is 2.31.